The lowest BCUT2D eigenvalue weighted by atomic mass is 10.2. The Morgan fingerprint density at radius 3 is 2.89 bits per heavy atom. The molecular formula is C14H20N2O2. The lowest BCUT2D eigenvalue weighted by Gasteiger charge is -2.08. The van der Waals surface area contributed by atoms with Gasteiger partial charge in [-0.05, 0) is 31.5 Å². The molecular weight excluding hydrogens is 228 g/mol. The van der Waals surface area contributed by atoms with Gasteiger partial charge in [-0.25, -0.2) is 4.79 Å². The van der Waals surface area contributed by atoms with Crippen LogP contribution in [0.1, 0.15) is 12.5 Å². The Morgan fingerprint density at radius 2 is 2.22 bits per heavy atom. The quantitative estimate of drug-likeness (QED) is 0.600. The van der Waals surface area contributed by atoms with Gasteiger partial charge < -0.3 is 15.4 Å². The first-order valence-corrected chi connectivity index (χ1v) is 5.91. The number of carbonyl (C=O) groups excluding carboxylic acids is 1. The SMILES string of the molecule is C=C(C)COCCNC(=O)Nc1cccc(C)c1. The number of hydrogen-bond acceptors (Lipinski definition) is 2. The first-order chi connectivity index (χ1) is 8.58. The summed E-state index contributed by atoms with van der Waals surface area (Å²) >= 11 is 0. The van der Waals surface area contributed by atoms with E-state index < -0.39 is 0 Å². The molecule has 18 heavy (non-hydrogen) atoms. The van der Waals surface area contributed by atoms with Crippen molar-refractivity contribution >= 4 is 11.7 Å². The summed E-state index contributed by atoms with van der Waals surface area (Å²) in [5, 5.41) is 5.48. The molecule has 0 aliphatic carbocycles. The number of rotatable bonds is 6. The molecule has 0 aliphatic heterocycles. The Kier molecular flexibility index (Phi) is 5.94. The number of ether oxygens (including phenoxy) is 1. The van der Waals surface area contributed by atoms with Gasteiger partial charge in [0.25, 0.3) is 0 Å². The number of benzene rings is 1. The third kappa shape index (κ3) is 6.06. The monoisotopic (exact) mass is 248 g/mol. The molecule has 1 aromatic rings. The fourth-order valence-corrected chi connectivity index (χ4v) is 1.38. The summed E-state index contributed by atoms with van der Waals surface area (Å²) in [4.78, 5) is 11.5. The van der Waals surface area contributed by atoms with E-state index in [2.05, 4.69) is 17.2 Å². The van der Waals surface area contributed by atoms with E-state index in [0.717, 1.165) is 16.8 Å². The molecule has 4 heteroatoms. The predicted molar refractivity (Wildman–Crippen MR) is 73.8 cm³/mol. The second-order valence-electron chi connectivity index (χ2n) is 4.26. The zero-order valence-corrected chi connectivity index (χ0v) is 11.0. The number of carbonyl (C=O) groups is 1. The summed E-state index contributed by atoms with van der Waals surface area (Å²) in [7, 11) is 0. The maximum absolute atomic E-state index is 11.5. The van der Waals surface area contributed by atoms with Crippen LogP contribution in [-0.4, -0.2) is 25.8 Å². The second-order valence-corrected chi connectivity index (χ2v) is 4.26. The largest absolute Gasteiger partial charge is 0.375 e. The Balaban J connectivity index is 2.20. The highest BCUT2D eigenvalue weighted by atomic mass is 16.5. The molecule has 0 aromatic heterocycles. The summed E-state index contributed by atoms with van der Waals surface area (Å²) in [6.07, 6.45) is 0. The summed E-state index contributed by atoms with van der Waals surface area (Å²) in [5.41, 5.74) is 2.87. The number of anilines is 1. The van der Waals surface area contributed by atoms with Crippen LogP contribution < -0.4 is 10.6 Å². The van der Waals surface area contributed by atoms with Crippen LogP contribution in [0.5, 0.6) is 0 Å². The van der Waals surface area contributed by atoms with Crippen molar-refractivity contribution in [3.05, 3.63) is 42.0 Å². The number of amides is 2. The molecule has 0 spiro atoms. The molecule has 0 atom stereocenters. The Morgan fingerprint density at radius 1 is 1.44 bits per heavy atom. The van der Waals surface area contributed by atoms with E-state index in [1.165, 1.54) is 0 Å². The number of nitrogens with one attached hydrogen (secondary N) is 2. The molecule has 1 aromatic carbocycles. The first-order valence-electron chi connectivity index (χ1n) is 5.91. The Hall–Kier alpha value is -1.81. The van der Waals surface area contributed by atoms with Crippen molar-refractivity contribution in [3.63, 3.8) is 0 Å². The van der Waals surface area contributed by atoms with Gasteiger partial charge in [-0.2, -0.15) is 0 Å². The van der Waals surface area contributed by atoms with Gasteiger partial charge in [0.05, 0.1) is 13.2 Å². The van der Waals surface area contributed by atoms with Crippen LogP contribution in [0.15, 0.2) is 36.4 Å². The molecule has 1 rings (SSSR count). The average molecular weight is 248 g/mol. The van der Waals surface area contributed by atoms with Crippen LogP contribution in [0.25, 0.3) is 0 Å². The van der Waals surface area contributed by atoms with E-state index in [1.54, 1.807) is 0 Å². The van der Waals surface area contributed by atoms with E-state index in [1.807, 2.05) is 38.1 Å². The van der Waals surface area contributed by atoms with E-state index in [-0.39, 0.29) is 6.03 Å². The zero-order chi connectivity index (χ0) is 13.4. The minimum absolute atomic E-state index is 0.223. The summed E-state index contributed by atoms with van der Waals surface area (Å²) in [6.45, 7) is 9.09. The number of aryl methyl sites for hydroxylation is 1. The van der Waals surface area contributed by atoms with Crippen molar-refractivity contribution in [2.24, 2.45) is 0 Å². The van der Waals surface area contributed by atoms with Crippen LogP contribution in [0, 0.1) is 6.92 Å². The van der Waals surface area contributed by atoms with Gasteiger partial charge in [0, 0.05) is 12.2 Å². The minimum Gasteiger partial charge on any atom is -0.375 e. The lowest BCUT2D eigenvalue weighted by molar-refractivity contribution is 0.159. The Labute approximate surface area is 108 Å². The topological polar surface area (TPSA) is 50.4 Å². The third-order valence-electron chi connectivity index (χ3n) is 2.16. The maximum atomic E-state index is 11.5. The normalized spacial score (nSPS) is 9.89. The van der Waals surface area contributed by atoms with Gasteiger partial charge in [0.1, 0.15) is 0 Å². The first kappa shape index (κ1) is 14.3. The van der Waals surface area contributed by atoms with E-state index in [9.17, 15) is 4.79 Å². The highest BCUT2D eigenvalue weighted by Crippen LogP contribution is 2.08. The van der Waals surface area contributed by atoms with Crippen LogP contribution in [0.2, 0.25) is 0 Å². The van der Waals surface area contributed by atoms with Gasteiger partial charge >= 0.3 is 6.03 Å². The average Bonchev–Trinajstić information content (AvgIpc) is 2.28. The highest BCUT2D eigenvalue weighted by Gasteiger charge is 2.00. The standard InChI is InChI=1S/C14H20N2O2/c1-11(2)10-18-8-7-15-14(17)16-13-6-4-5-12(3)9-13/h4-6,9H,1,7-8,10H2,2-3H3,(H2,15,16,17). The summed E-state index contributed by atoms with van der Waals surface area (Å²) in [6, 6.07) is 7.43. The van der Waals surface area contributed by atoms with Crippen molar-refractivity contribution < 1.29 is 9.53 Å². The molecule has 2 amide bonds. The van der Waals surface area contributed by atoms with Crippen molar-refractivity contribution in [3.8, 4) is 0 Å². The summed E-state index contributed by atoms with van der Waals surface area (Å²) < 4.78 is 5.27. The van der Waals surface area contributed by atoms with Gasteiger partial charge in [-0.1, -0.05) is 24.3 Å². The number of hydrogen-bond donors (Lipinski definition) is 2. The van der Waals surface area contributed by atoms with E-state index in [0.29, 0.717) is 19.8 Å². The molecule has 2 N–H and O–H groups in total. The minimum atomic E-state index is -0.223. The van der Waals surface area contributed by atoms with Crippen molar-refractivity contribution in [2.45, 2.75) is 13.8 Å². The zero-order valence-electron chi connectivity index (χ0n) is 11.0. The molecule has 0 unspecified atom stereocenters. The summed E-state index contributed by atoms with van der Waals surface area (Å²) in [5.74, 6) is 0. The smallest absolute Gasteiger partial charge is 0.319 e. The number of urea groups is 1. The highest BCUT2D eigenvalue weighted by molar-refractivity contribution is 5.89. The fourth-order valence-electron chi connectivity index (χ4n) is 1.38. The molecule has 0 heterocycles. The van der Waals surface area contributed by atoms with Gasteiger partial charge in [0.2, 0.25) is 0 Å². The second kappa shape index (κ2) is 7.50. The third-order valence-corrected chi connectivity index (χ3v) is 2.16. The van der Waals surface area contributed by atoms with Crippen molar-refractivity contribution in [1.29, 1.82) is 0 Å². The Bertz CT molecular complexity index is 416. The van der Waals surface area contributed by atoms with Crippen LogP contribution >= 0.6 is 0 Å². The fraction of sp³-hybridized carbons (Fsp3) is 0.357. The van der Waals surface area contributed by atoms with Crippen LogP contribution in [0.4, 0.5) is 10.5 Å². The van der Waals surface area contributed by atoms with Gasteiger partial charge in [-0.3, -0.25) is 0 Å². The molecule has 4 nitrogen and oxygen atoms in total. The van der Waals surface area contributed by atoms with E-state index >= 15 is 0 Å². The predicted octanol–water partition coefficient (Wildman–Crippen LogP) is 2.71. The van der Waals surface area contributed by atoms with Crippen LogP contribution in [0.3, 0.4) is 0 Å². The van der Waals surface area contributed by atoms with Gasteiger partial charge in [-0.15, -0.1) is 0 Å². The van der Waals surface area contributed by atoms with E-state index in [4.69, 9.17) is 4.74 Å². The molecule has 0 saturated heterocycles. The maximum Gasteiger partial charge on any atom is 0.319 e. The molecule has 0 radical (unpaired) electrons. The van der Waals surface area contributed by atoms with Crippen molar-refractivity contribution in [1.82, 2.24) is 5.32 Å². The van der Waals surface area contributed by atoms with Gasteiger partial charge in [0.15, 0.2) is 0 Å². The molecule has 0 fully saturated rings. The molecule has 0 bridgehead atoms. The molecule has 98 valence electrons. The molecule has 0 aliphatic rings. The van der Waals surface area contributed by atoms with Crippen molar-refractivity contribution in [2.75, 3.05) is 25.1 Å². The lowest BCUT2D eigenvalue weighted by Crippen LogP contribution is -2.31. The van der Waals surface area contributed by atoms with Crippen LogP contribution in [-0.2, 0) is 4.74 Å². The molecule has 0 saturated carbocycles.